The first kappa shape index (κ1) is 24.8. The molecule has 1 unspecified atom stereocenters. The summed E-state index contributed by atoms with van der Waals surface area (Å²) in [6.45, 7) is 18.0. The molecular weight excluding hydrogens is 416 g/mol. The molecule has 4 aliphatic heterocycles. The maximum Gasteiger partial charge on any atom is 0.410 e. The molecule has 0 N–H and O–H groups in total. The molecule has 7 heteroatoms. The van der Waals surface area contributed by atoms with Crippen molar-refractivity contribution < 1.29 is 14.3 Å². The van der Waals surface area contributed by atoms with Crippen LogP contribution < -0.4 is 0 Å². The molecule has 4 heterocycles. The third kappa shape index (κ3) is 6.21. The summed E-state index contributed by atoms with van der Waals surface area (Å²) in [6, 6.07) is 0. The first-order valence-electron chi connectivity index (χ1n) is 13.3. The van der Waals surface area contributed by atoms with Crippen LogP contribution in [-0.2, 0) is 9.53 Å². The van der Waals surface area contributed by atoms with Crippen LogP contribution in [0.5, 0.6) is 0 Å². The molecule has 4 rings (SSSR count). The minimum absolute atomic E-state index is 0.145. The summed E-state index contributed by atoms with van der Waals surface area (Å²) in [7, 11) is 0. The predicted octanol–water partition coefficient (Wildman–Crippen LogP) is 3.43. The van der Waals surface area contributed by atoms with Gasteiger partial charge in [-0.05, 0) is 90.8 Å². The van der Waals surface area contributed by atoms with Gasteiger partial charge < -0.3 is 24.3 Å². The van der Waals surface area contributed by atoms with E-state index in [0.717, 1.165) is 78.3 Å². The van der Waals surface area contributed by atoms with Crippen molar-refractivity contribution in [1.29, 1.82) is 0 Å². The monoisotopic (exact) mass is 462 g/mol. The molecule has 4 fully saturated rings. The summed E-state index contributed by atoms with van der Waals surface area (Å²) in [5, 5.41) is 0. The van der Waals surface area contributed by atoms with Crippen molar-refractivity contribution in [3.63, 3.8) is 0 Å². The number of nitrogens with zero attached hydrogens (tertiary/aromatic N) is 4. The Morgan fingerprint density at radius 3 is 1.94 bits per heavy atom. The van der Waals surface area contributed by atoms with E-state index >= 15 is 0 Å². The molecule has 188 valence electrons. The summed E-state index contributed by atoms with van der Waals surface area (Å²) in [5.41, 5.74) is 0.184. The molecule has 0 bridgehead atoms. The zero-order chi connectivity index (χ0) is 23.7. The number of piperidine rings is 3. The SMILES string of the molecule is CC(=O)N1CCCC2(CCN(CCN3CCC4(CCCN(C(=O)OC(C)(C)C)C4)C3)CC2)C1. The molecule has 33 heavy (non-hydrogen) atoms. The third-order valence-corrected chi connectivity index (χ3v) is 8.59. The standard InChI is InChI=1S/C26H46N4O3/c1-22(31)29-12-5-7-25(20-29)9-14-27(15-10-25)17-18-28-16-11-26(19-28)8-6-13-30(21-26)23(32)33-24(2,3)4/h5-21H2,1-4H3. The topological polar surface area (TPSA) is 56.3 Å². The number of likely N-dealkylation sites (tertiary alicyclic amines) is 4. The van der Waals surface area contributed by atoms with E-state index in [4.69, 9.17) is 4.74 Å². The molecule has 4 saturated heterocycles. The average molecular weight is 463 g/mol. The molecule has 7 nitrogen and oxygen atoms in total. The molecule has 1 atom stereocenters. The van der Waals surface area contributed by atoms with Crippen LogP contribution in [0.25, 0.3) is 0 Å². The van der Waals surface area contributed by atoms with Crippen molar-refractivity contribution in [3.05, 3.63) is 0 Å². The maximum absolute atomic E-state index is 12.6. The molecule has 0 radical (unpaired) electrons. The van der Waals surface area contributed by atoms with Gasteiger partial charge in [-0.15, -0.1) is 0 Å². The van der Waals surface area contributed by atoms with Crippen LogP contribution in [0.15, 0.2) is 0 Å². The minimum atomic E-state index is -0.432. The van der Waals surface area contributed by atoms with E-state index < -0.39 is 5.60 Å². The maximum atomic E-state index is 12.6. The van der Waals surface area contributed by atoms with Gasteiger partial charge in [0.2, 0.25) is 5.91 Å². The second kappa shape index (κ2) is 9.73. The first-order valence-corrected chi connectivity index (χ1v) is 13.3. The Labute approximate surface area is 200 Å². The van der Waals surface area contributed by atoms with Gasteiger partial charge in [0.1, 0.15) is 5.60 Å². The Kier molecular flexibility index (Phi) is 7.30. The van der Waals surface area contributed by atoms with Crippen LogP contribution in [0.4, 0.5) is 4.79 Å². The molecule has 0 saturated carbocycles. The van der Waals surface area contributed by atoms with Crippen LogP contribution in [-0.4, -0.2) is 103 Å². The smallest absolute Gasteiger partial charge is 0.410 e. The quantitative estimate of drug-likeness (QED) is 0.643. The normalized spacial score (nSPS) is 29.1. The van der Waals surface area contributed by atoms with Gasteiger partial charge in [-0.1, -0.05) is 0 Å². The molecule has 0 aromatic rings. The summed E-state index contributed by atoms with van der Waals surface area (Å²) >= 11 is 0. The average Bonchev–Trinajstić information content (AvgIpc) is 3.14. The van der Waals surface area contributed by atoms with Crippen LogP contribution >= 0.6 is 0 Å². The summed E-state index contributed by atoms with van der Waals surface area (Å²) < 4.78 is 5.65. The van der Waals surface area contributed by atoms with Gasteiger partial charge in [0, 0.05) is 58.2 Å². The third-order valence-electron chi connectivity index (χ3n) is 8.59. The second-order valence-corrected chi connectivity index (χ2v) is 12.4. The molecule has 4 aliphatic rings. The van der Waals surface area contributed by atoms with Crippen LogP contribution in [0.2, 0.25) is 0 Å². The Morgan fingerprint density at radius 2 is 1.27 bits per heavy atom. The van der Waals surface area contributed by atoms with Gasteiger partial charge in [0.05, 0.1) is 0 Å². The first-order chi connectivity index (χ1) is 15.6. The van der Waals surface area contributed by atoms with Gasteiger partial charge in [0.15, 0.2) is 0 Å². The summed E-state index contributed by atoms with van der Waals surface area (Å²) in [6.07, 6.45) is 8.25. The number of hydrogen-bond acceptors (Lipinski definition) is 5. The number of hydrogen-bond donors (Lipinski definition) is 0. The fourth-order valence-corrected chi connectivity index (χ4v) is 6.66. The zero-order valence-corrected chi connectivity index (χ0v) is 21.5. The molecule has 0 aliphatic carbocycles. The highest BCUT2D eigenvalue weighted by Crippen LogP contribution is 2.41. The second-order valence-electron chi connectivity index (χ2n) is 12.4. The lowest BCUT2D eigenvalue weighted by molar-refractivity contribution is -0.133. The predicted molar refractivity (Wildman–Crippen MR) is 130 cm³/mol. The van der Waals surface area contributed by atoms with Crippen molar-refractivity contribution in [2.75, 3.05) is 65.4 Å². The number of carbonyl (C=O) groups excluding carboxylic acids is 2. The Morgan fingerprint density at radius 1 is 0.727 bits per heavy atom. The van der Waals surface area contributed by atoms with Crippen LogP contribution in [0.1, 0.15) is 72.6 Å². The molecule has 2 amide bonds. The molecule has 0 aromatic heterocycles. The Bertz CT molecular complexity index is 713. The van der Waals surface area contributed by atoms with E-state index in [1.54, 1.807) is 6.92 Å². The Balaban J connectivity index is 1.21. The van der Waals surface area contributed by atoms with Crippen molar-refractivity contribution in [2.24, 2.45) is 10.8 Å². The highest BCUT2D eigenvalue weighted by Gasteiger charge is 2.43. The fraction of sp³-hybridized carbons (Fsp3) is 0.923. The van der Waals surface area contributed by atoms with Gasteiger partial charge in [-0.3, -0.25) is 4.79 Å². The number of amides is 2. The highest BCUT2D eigenvalue weighted by molar-refractivity contribution is 5.73. The van der Waals surface area contributed by atoms with Crippen molar-refractivity contribution in [2.45, 2.75) is 78.2 Å². The van der Waals surface area contributed by atoms with Gasteiger partial charge in [0.25, 0.3) is 0 Å². The van der Waals surface area contributed by atoms with Gasteiger partial charge in [-0.25, -0.2) is 4.79 Å². The van der Waals surface area contributed by atoms with Gasteiger partial charge >= 0.3 is 6.09 Å². The number of carbonyl (C=O) groups is 2. The van der Waals surface area contributed by atoms with Crippen molar-refractivity contribution in [1.82, 2.24) is 19.6 Å². The van der Waals surface area contributed by atoms with E-state index in [0.29, 0.717) is 5.41 Å². The largest absolute Gasteiger partial charge is 0.444 e. The summed E-state index contributed by atoms with van der Waals surface area (Å²) in [4.78, 5) is 33.8. The molecular formula is C26H46N4O3. The Hall–Kier alpha value is -1.34. The van der Waals surface area contributed by atoms with E-state index in [-0.39, 0.29) is 17.4 Å². The lowest BCUT2D eigenvalue weighted by Crippen LogP contribution is -2.51. The summed E-state index contributed by atoms with van der Waals surface area (Å²) in [5.74, 6) is 0.243. The van der Waals surface area contributed by atoms with Crippen molar-refractivity contribution in [3.8, 4) is 0 Å². The van der Waals surface area contributed by atoms with Crippen molar-refractivity contribution >= 4 is 12.0 Å². The molecule has 0 aromatic carbocycles. The highest BCUT2D eigenvalue weighted by atomic mass is 16.6. The van der Waals surface area contributed by atoms with Crippen LogP contribution in [0, 0.1) is 10.8 Å². The van der Waals surface area contributed by atoms with Gasteiger partial charge in [-0.2, -0.15) is 0 Å². The van der Waals surface area contributed by atoms with E-state index in [2.05, 4.69) is 14.7 Å². The number of rotatable bonds is 3. The van der Waals surface area contributed by atoms with E-state index in [1.807, 2.05) is 25.7 Å². The van der Waals surface area contributed by atoms with Crippen LogP contribution in [0.3, 0.4) is 0 Å². The van der Waals surface area contributed by atoms with E-state index in [9.17, 15) is 9.59 Å². The van der Waals surface area contributed by atoms with E-state index in [1.165, 1.54) is 32.1 Å². The minimum Gasteiger partial charge on any atom is -0.444 e. The number of ether oxygens (including phenoxy) is 1. The molecule has 2 spiro atoms. The zero-order valence-electron chi connectivity index (χ0n) is 21.5. The fourth-order valence-electron chi connectivity index (χ4n) is 6.66. The lowest BCUT2D eigenvalue weighted by Gasteiger charge is -2.47. The lowest BCUT2D eigenvalue weighted by atomic mass is 9.72.